The van der Waals surface area contributed by atoms with Crippen LogP contribution in [0.3, 0.4) is 0 Å². The molecule has 1 heterocycles. The van der Waals surface area contributed by atoms with Crippen LogP contribution in [-0.4, -0.2) is 68.3 Å². The topological polar surface area (TPSA) is 125 Å². The van der Waals surface area contributed by atoms with Gasteiger partial charge in [0.25, 0.3) is 0 Å². The van der Waals surface area contributed by atoms with E-state index in [0.717, 1.165) is 5.56 Å². The largest absolute Gasteiger partial charge is 0.351 e. The molecule has 0 aromatic heterocycles. The van der Waals surface area contributed by atoms with Crippen molar-refractivity contribution in [2.45, 2.75) is 25.9 Å². The zero-order chi connectivity index (χ0) is 21.4. The van der Waals surface area contributed by atoms with Crippen molar-refractivity contribution < 1.29 is 27.2 Å². The van der Waals surface area contributed by atoms with Crippen molar-refractivity contribution in [1.82, 2.24) is 20.9 Å². The Morgan fingerprint density at radius 3 is 2.38 bits per heavy atom. The van der Waals surface area contributed by atoms with Gasteiger partial charge < -0.3 is 10.6 Å². The summed E-state index contributed by atoms with van der Waals surface area (Å²) in [6, 6.07) is 4.47. The van der Waals surface area contributed by atoms with E-state index in [2.05, 4.69) is 16.0 Å². The molecule has 1 aliphatic rings. The SMILES string of the molecule is CCN(CC(=O)NCc1ccc(F)cc1)CC(=O)NC(=O)N[C@@H]1CCS(=O)(=O)C1. The molecule has 0 spiro atoms. The number of amides is 4. The van der Waals surface area contributed by atoms with Crippen molar-refractivity contribution in [3.63, 3.8) is 0 Å². The lowest BCUT2D eigenvalue weighted by molar-refractivity contribution is -0.124. The lowest BCUT2D eigenvalue weighted by Crippen LogP contribution is -2.49. The molecule has 3 N–H and O–H groups in total. The summed E-state index contributed by atoms with van der Waals surface area (Å²) in [5.41, 5.74) is 0.742. The van der Waals surface area contributed by atoms with Gasteiger partial charge in [0.2, 0.25) is 11.8 Å². The Balaban J connectivity index is 1.71. The Morgan fingerprint density at radius 2 is 1.79 bits per heavy atom. The maximum absolute atomic E-state index is 12.9. The highest BCUT2D eigenvalue weighted by molar-refractivity contribution is 7.91. The van der Waals surface area contributed by atoms with E-state index in [1.165, 1.54) is 12.1 Å². The number of halogens is 1. The number of likely N-dealkylation sites (N-methyl/N-ethyl adjacent to an activating group) is 1. The average Bonchev–Trinajstić information content (AvgIpc) is 2.98. The van der Waals surface area contributed by atoms with Crippen LogP contribution >= 0.6 is 0 Å². The summed E-state index contributed by atoms with van der Waals surface area (Å²) >= 11 is 0. The second-order valence-electron chi connectivity index (χ2n) is 6.83. The van der Waals surface area contributed by atoms with E-state index in [4.69, 9.17) is 0 Å². The highest BCUT2D eigenvalue weighted by atomic mass is 32.2. The number of rotatable bonds is 8. The fourth-order valence-electron chi connectivity index (χ4n) is 2.84. The number of nitrogens with one attached hydrogen (secondary N) is 3. The fraction of sp³-hybridized carbons (Fsp3) is 0.500. The first kappa shape index (κ1) is 22.8. The van der Waals surface area contributed by atoms with E-state index in [1.54, 1.807) is 24.0 Å². The van der Waals surface area contributed by atoms with Crippen molar-refractivity contribution in [3.8, 4) is 0 Å². The van der Waals surface area contributed by atoms with Crippen molar-refractivity contribution in [3.05, 3.63) is 35.6 Å². The summed E-state index contributed by atoms with van der Waals surface area (Å²) in [6.45, 7) is 2.18. The Morgan fingerprint density at radius 1 is 1.14 bits per heavy atom. The molecule has 1 saturated heterocycles. The first-order valence-corrected chi connectivity index (χ1v) is 11.0. The first-order chi connectivity index (χ1) is 13.7. The van der Waals surface area contributed by atoms with Crippen LogP contribution in [0.15, 0.2) is 24.3 Å². The molecule has 1 aromatic carbocycles. The number of carbonyl (C=O) groups excluding carboxylic acids is 3. The molecule has 0 saturated carbocycles. The lowest BCUT2D eigenvalue weighted by atomic mass is 10.2. The van der Waals surface area contributed by atoms with E-state index in [9.17, 15) is 27.2 Å². The van der Waals surface area contributed by atoms with Crippen LogP contribution in [0, 0.1) is 5.82 Å². The number of hydrogen-bond acceptors (Lipinski definition) is 6. The van der Waals surface area contributed by atoms with Gasteiger partial charge in [-0.25, -0.2) is 17.6 Å². The Kier molecular flexibility index (Phi) is 8.09. The second-order valence-corrected chi connectivity index (χ2v) is 9.06. The molecule has 9 nitrogen and oxygen atoms in total. The van der Waals surface area contributed by atoms with Gasteiger partial charge in [-0.3, -0.25) is 19.8 Å². The highest BCUT2D eigenvalue weighted by Crippen LogP contribution is 2.10. The van der Waals surface area contributed by atoms with E-state index in [1.807, 2.05) is 0 Å². The summed E-state index contributed by atoms with van der Waals surface area (Å²) in [5.74, 6) is -1.39. The normalized spacial score (nSPS) is 17.7. The number of hydrogen-bond donors (Lipinski definition) is 3. The second kappa shape index (κ2) is 10.3. The van der Waals surface area contributed by atoms with Crippen LogP contribution in [0.25, 0.3) is 0 Å². The summed E-state index contributed by atoms with van der Waals surface area (Å²) in [5, 5.41) is 7.29. The predicted octanol–water partition coefficient (Wildman–Crippen LogP) is -0.223. The minimum Gasteiger partial charge on any atom is -0.351 e. The molecule has 11 heteroatoms. The summed E-state index contributed by atoms with van der Waals surface area (Å²) in [6.07, 6.45) is 0.319. The van der Waals surface area contributed by atoms with E-state index >= 15 is 0 Å². The molecule has 0 aliphatic carbocycles. The molecule has 4 amide bonds. The molecule has 1 atom stereocenters. The standard InChI is InChI=1S/C18H25FN4O5S/c1-2-23(10-16(24)20-9-13-3-5-14(19)6-4-13)11-17(25)22-18(26)21-15-7-8-29(27,28)12-15/h3-6,15H,2,7-12H2,1H3,(H,20,24)(H2,21,22,25,26)/t15-/m1/s1. The van der Waals surface area contributed by atoms with Gasteiger partial charge in [0.1, 0.15) is 5.82 Å². The Bertz CT molecular complexity index is 844. The van der Waals surface area contributed by atoms with Gasteiger partial charge in [0, 0.05) is 12.6 Å². The Labute approximate surface area is 168 Å². The zero-order valence-corrected chi connectivity index (χ0v) is 16.9. The van der Waals surface area contributed by atoms with Crippen molar-refractivity contribution in [1.29, 1.82) is 0 Å². The zero-order valence-electron chi connectivity index (χ0n) is 16.1. The molecule has 0 bridgehead atoms. The molecule has 0 radical (unpaired) electrons. The third-order valence-corrected chi connectivity index (χ3v) is 6.17. The van der Waals surface area contributed by atoms with Gasteiger partial charge in [0.05, 0.1) is 24.6 Å². The summed E-state index contributed by atoms with van der Waals surface area (Å²) in [4.78, 5) is 37.4. The number of benzene rings is 1. The predicted molar refractivity (Wildman–Crippen MR) is 104 cm³/mol. The fourth-order valence-corrected chi connectivity index (χ4v) is 4.51. The summed E-state index contributed by atoms with van der Waals surface area (Å²) < 4.78 is 35.7. The third-order valence-electron chi connectivity index (χ3n) is 4.41. The number of urea groups is 1. The molecular weight excluding hydrogens is 403 g/mol. The van der Waals surface area contributed by atoms with Crippen molar-refractivity contribution in [2.75, 3.05) is 31.1 Å². The number of carbonyl (C=O) groups is 3. The van der Waals surface area contributed by atoms with Crippen LogP contribution < -0.4 is 16.0 Å². The van der Waals surface area contributed by atoms with Crippen LogP contribution in [-0.2, 0) is 26.0 Å². The number of sulfone groups is 1. The van der Waals surface area contributed by atoms with Crippen molar-refractivity contribution in [2.24, 2.45) is 0 Å². The van der Waals surface area contributed by atoms with E-state index in [0.29, 0.717) is 13.0 Å². The van der Waals surface area contributed by atoms with Crippen LogP contribution in [0.2, 0.25) is 0 Å². The molecule has 2 rings (SSSR count). The van der Waals surface area contributed by atoms with Gasteiger partial charge >= 0.3 is 6.03 Å². The van der Waals surface area contributed by atoms with Gasteiger partial charge in [-0.1, -0.05) is 19.1 Å². The molecular formula is C18H25FN4O5S. The highest BCUT2D eigenvalue weighted by Gasteiger charge is 2.29. The molecule has 29 heavy (non-hydrogen) atoms. The van der Waals surface area contributed by atoms with Gasteiger partial charge in [-0.15, -0.1) is 0 Å². The third kappa shape index (κ3) is 8.16. The van der Waals surface area contributed by atoms with Gasteiger partial charge in [-0.2, -0.15) is 0 Å². The minimum atomic E-state index is -3.13. The minimum absolute atomic E-state index is 0.0164. The maximum atomic E-state index is 12.9. The molecule has 1 fully saturated rings. The summed E-state index contributed by atoms with van der Waals surface area (Å²) in [7, 11) is -3.13. The van der Waals surface area contributed by atoms with E-state index in [-0.39, 0.29) is 42.9 Å². The Hall–Kier alpha value is -2.53. The molecule has 1 aliphatic heterocycles. The molecule has 1 aromatic rings. The van der Waals surface area contributed by atoms with Crippen LogP contribution in [0.1, 0.15) is 18.9 Å². The van der Waals surface area contributed by atoms with Crippen molar-refractivity contribution >= 4 is 27.7 Å². The smallest absolute Gasteiger partial charge is 0.321 e. The van der Waals surface area contributed by atoms with Crippen LogP contribution in [0.4, 0.5) is 9.18 Å². The monoisotopic (exact) mass is 428 g/mol. The lowest BCUT2D eigenvalue weighted by Gasteiger charge is -2.19. The maximum Gasteiger partial charge on any atom is 0.321 e. The number of nitrogens with zero attached hydrogens (tertiary/aromatic N) is 1. The first-order valence-electron chi connectivity index (χ1n) is 9.21. The van der Waals surface area contributed by atoms with Gasteiger partial charge in [-0.05, 0) is 30.7 Å². The average molecular weight is 428 g/mol. The molecule has 160 valence electrons. The molecule has 0 unspecified atom stereocenters. The van der Waals surface area contributed by atoms with E-state index < -0.39 is 27.8 Å². The number of imide groups is 1. The quantitative estimate of drug-likeness (QED) is 0.526. The van der Waals surface area contributed by atoms with Gasteiger partial charge in [0.15, 0.2) is 9.84 Å². The van der Waals surface area contributed by atoms with Crippen LogP contribution in [0.5, 0.6) is 0 Å².